The fourth-order valence-corrected chi connectivity index (χ4v) is 9.72. The van der Waals surface area contributed by atoms with Crippen LogP contribution in [0.15, 0.2) is 59.7 Å². The minimum atomic E-state index is 0.994. The van der Waals surface area contributed by atoms with Crippen molar-refractivity contribution in [2.24, 2.45) is 0 Å². The van der Waals surface area contributed by atoms with Crippen LogP contribution >= 0.6 is 0 Å². The van der Waals surface area contributed by atoms with Gasteiger partial charge in [-0.25, -0.2) is 4.70 Å². The maximum absolute atomic E-state index is 11.7. The van der Waals surface area contributed by atoms with Gasteiger partial charge in [0.15, 0.2) is 0 Å². The van der Waals surface area contributed by atoms with Crippen LogP contribution in [-0.4, -0.2) is 4.70 Å². The van der Waals surface area contributed by atoms with Gasteiger partial charge in [0.05, 0.1) is 0 Å². The van der Waals surface area contributed by atoms with Gasteiger partial charge in [-0.2, -0.15) is 0 Å². The summed E-state index contributed by atoms with van der Waals surface area (Å²) in [5, 5.41) is 0. The zero-order chi connectivity index (χ0) is 40.5. The second kappa shape index (κ2) is 34.1. The van der Waals surface area contributed by atoms with Crippen LogP contribution in [0.3, 0.4) is 0 Å². The summed E-state index contributed by atoms with van der Waals surface area (Å²) in [6.07, 6.45) is 38.6. The van der Waals surface area contributed by atoms with Crippen LogP contribution in [0.1, 0.15) is 237 Å². The molecule has 0 atom stereocenters. The Hall–Kier alpha value is -1.82. The molecule has 1 heterocycles. The Kier molecular flexibility index (Phi) is 30.6. The monoisotopic (exact) mass is 859 g/mol. The summed E-state index contributed by atoms with van der Waals surface area (Å²) >= 11 is 1.07. The number of benzene rings is 2. The fraction of sp³-hybridized carbons (Fsp3) is 0.698. The van der Waals surface area contributed by atoms with Crippen molar-refractivity contribution in [3.05, 3.63) is 87.5 Å². The topological polar surface area (TPSA) is 25.3 Å². The predicted octanol–water partition coefficient (Wildman–Crippen LogP) is 18.5. The molecule has 0 radical (unpaired) electrons. The van der Waals surface area contributed by atoms with Crippen molar-refractivity contribution in [3.63, 3.8) is 0 Å². The molecular weight excluding hydrogens is 771 g/mol. The fourth-order valence-electron chi connectivity index (χ4n) is 7.77. The van der Waals surface area contributed by atoms with Gasteiger partial charge in [0.25, 0.3) is 0 Å². The number of aryl methyl sites for hydroxylation is 2. The van der Waals surface area contributed by atoms with Crippen molar-refractivity contribution in [2.45, 2.75) is 238 Å². The molecule has 320 valence electrons. The first-order valence-corrected chi connectivity index (χ1v) is 26.3. The van der Waals surface area contributed by atoms with Gasteiger partial charge in [0, 0.05) is 22.3 Å². The van der Waals surface area contributed by atoms with E-state index in [2.05, 4.69) is 90.1 Å². The van der Waals surface area contributed by atoms with Crippen LogP contribution in [0.4, 0.5) is 0 Å². The van der Waals surface area contributed by atoms with E-state index in [0.29, 0.717) is 0 Å². The number of nitrogens with zero attached hydrogens (tertiary/aromatic N) is 2. The minimum Gasteiger partial charge on any atom is -0.493 e. The summed E-state index contributed by atoms with van der Waals surface area (Å²) in [6.45, 7) is 13.6. The molecule has 2 aromatic rings. The standard InChI is InChI=1S/C33H46N2.2C10H21.Pd/c1-5-9-13-15-27-20-24-29(25-21-27)33-31(17-12-8-4)30(16-11-7-3)32(35(33)34)28-22-18-26(19-23-28)14-10-6-2;2*1-3-5-7-9-10-8-6-4-2;/h18-25H,5-17H2,1-4H3;2*1,3-10H2,2H3;. The van der Waals surface area contributed by atoms with E-state index < -0.39 is 0 Å². The quantitative estimate of drug-likeness (QED) is 0.0388. The van der Waals surface area contributed by atoms with Crippen LogP contribution < -0.4 is 0 Å². The Bertz CT molecular complexity index is 1300. The predicted molar refractivity (Wildman–Crippen MR) is 246 cm³/mol. The molecule has 0 bridgehead atoms. The number of unbranched alkanes of at least 4 members (excludes halogenated alkanes) is 19. The van der Waals surface area contributed by atoms with Crippen LogP contribution in [0.2, 0.25) is 9.79 Å². The largest absolute Gasteiger partial charge is 0.493 e. The molecule has 3 rings (SSSR count). The van der Waals surface area contributed by atoms with Gasteiger partial charge in [-0.05, 0) is 86.8 Å². The van der Waals surface area contributed by atoms with E-state index in [0.717, 1.165) is 91.9 Å². The first-order chi connectivity index (χ1) is 27.6. The molecule has 0 unspecified atom stereocenters. The first kappa shape index (κ1) is 50.3. The summed E-state index contributed by atoms with van der Waals surface area (Å²) in [7, 11) is 0. The molecule has 1 aliphatic heterocycles. The van der Waals surface area contributed by atoms with Gasteiger partial charge in [-0.1, -0.05) is 84.1 Å². The molecule has 1 aliphatic rings. The van der Waals surface area contributed by atoms with E-state index in [-0.39, 0.29) is 0 Å². The van der Waals surface area contributed by atoms with Crippen LogP contribution in [0.5, 0.6) is 0 Å². The normalized spacial score (nSPS) is 12.9. The summed E-state index contributed by atoms with van der Waals surface area (Å²) in [6, 6.07) is 17.9. The van der Waals surface area contributed by atoms with Crippen LogP contribution in [0, 0.1) is 0 Å². The van der Waals surface area contributed by atoms with E-state index in [9.17, 15) is 5.53 Å². The van der Waals surface area contributed by atoms with Crippen LogP contribution in [-0.2, 0) is 30.8 Å². The van der Waals surface area contributed by atoms with Crippen molar-refractivity contribution in [2.75, 3.05) is 0 Å². The molecule has 0 fully saturated rings. The number of allylic oxidation sites excluding steroid dienone is 2. The number of rotatable bonds is 33. The van der Waals surface area contributed by atoms with E-state index in [1.54, 1.807) is 9.79 Å². The van der Waals surface area contributed by atoms with Crippen molar-refractivity contribution in [3.8, 4) is 0 Å². The summed E-state index contributed by atoms with van der Waals surface area (Å²) in [5.41, 5.74) is 21.4. The Morgan fingerprint density at radius 3 is 1.04 bits per heavy atom. The summed E-state index contributed by atoms with van der Waals surface area (Å²) in [4.78, 5) is 3.08. The molecule has 0 saturated carbocycles. The third-order valence-electron chi connectivity index (χ3n) is 11.4. The molecule has 0 aliphatic carbocycles. The molecule has 0 N–H and O–H groups in total. The van der Waals surface area contributed by atoms with Gasteiger partial charge in [0.1, 0.15) is 0 Å². The molecule has 3 heteroatoms. The average molecular weight is 860 g/mol. The summed E-state index contributed by atoms with van der Waals surface area (Å²) in [5.74, 6) is 0. The maximum atomic E-state index is 11.7. The molecule has 0 spiro atoms. The second-order valence-electron chi connectivity index (χ2n) is 16.6. The van der Waals surface area contributed by atoms with E-state index in [4.69, 9.17) is 0 Å². The number of hydrogen-bond acceptors (Lipinski definition) is 0. The van der Waals surface area contributed by atoms with Gasteiger partial charge < -0.3 is 5.53 Å². The molecule has 0 saturated heterocycles. The van der Waals surface area contributed by atoms with E-state index in [1.165, 1.54) is 162 Å². The zero-order valence-corrected chi connectivity index (χ0v) is 39.3. The van der Waals surface area contributed by atoms with Crippen molar-refractivity contribution >= 4 is 11.4 Å². The Morgan fingerprint density at radius 1 is 0.357 bits per heavy atom. The summed E-state index contributed by atoms with van der Waals surface area (Å²) < 4.78 is 1.52. The third-order valence-corrected chi connectivity index (χ3v) is 13.6. The van der Waals surface area contributed by atoms with Crippen LogP contribution in [0.25, 0.3) is 16.9 Å². The van der Waals surface area contributed by atoms with Gasteiger partial charge in [0.2, 0.25) is 11.4 Å². The van der Waals surface area contributed by atoms with E-state index in [1.807, 2.05) is 0 Å². The molecule has 0 amide bonds. The van der Waals surface area contributed by atoms with Gasteiger partial charge in [-0.3, -0.25) is 0 Å². The maximum Gasteiger partial charge on any atom is 0.211 e. The van der Waals surface area contributed by atoms with Crippen molar-refractivity contribution in [1.29, 1.82) is 0 Å². The SMILES string of the molecule is CCCCCCCCC[CH2][Pd][CH2]CCCCCCCCC.CCCCCc1ccc(C2=C(CCCC)C(CCCC)=C(c3ccc(CCCC)cc3)[N+]2=[N-])cc1. The molecular formula is C53H88N2Pd. The molecule has 56 heavy (non-hydrogen) atoms. The molecule has 2 aromatic carbocycles. The van der Waals surface area contributed by atoms with Crippen molar-refractivity contribution in [1.82, 2.24) is 0 Å². The number of hydrogen-bond donors (Lipinski definition) is 0. The first-order valence-electron chi connectivity index (χ1n) is 24.1. The average Bonchev–Trinajstić information content (AvgIpc) is 3.50. The van der Waals surface area contributed by atoms with Crippen molar-refractivity contribution < 1.29 is 22.7 Å². The second-order valence-corrected chi connectivity index (χ2v) is 18.9. The molecule has 2 nitrogen and oxygen atoms in total. The zero-order valence-electron chi connectivity index (χ0n) is 37.7. The molecule has 0 aromatic heterocycles. The third kappa shape index (κ3) is 20.7. The Labute approximate surface area is 357 Å². The minimum absolute atomic E-state index is 0.994. The van der Waals surface area contributed by atoms with E-state index >= 15 is 0 Å². The Balaban J connectivity index is 0.000000443. The van der Waals surface area contributed by atoms with Gasteiger partial charge in [-0.15, -0.1) is 0 Å². The smallest absolute Gasteiger partial charge is 0.211 e. The Morgan fingerprint density at radius 2 is 0.661 bits per heavy atom. The van der Waals surface area contributed by atoms with Gasteiger partial charge >= 0.3 is 144 Å².